The van der Waals surface area contributed by atoms with Gasteiger partial charge in [-0.3, -0.25) is 4.79 Å². The van der Waals surface area contributed by atoms with E-state index in [4.69, 9.17) is 14.2 Å². The number of benzene rings is 1. The van der Waals surface area contributed by atoms with E-state index in [-0.39, 0.29) is 29.7 Å². The molecule has 0 unspecified atom stereocenters. The second-order valence-electron chi connectivity index (χ2n) is 9.46. The summed E-state index contributed by atoms with van der Waals surface area (Å²) in [6, 6.07) is 9.81. The predicted molar refractivity (Wildman–Crippen MR) is 135 cm³/mol. The molecule has 0 amide bonds. The summed E-state index contributed by atoms with van der Waals surface area (Å²) < 4.78 is 16.8. The Hall–Kier alpha value is -3.06. The van der Waals surface area contributed by atoms with Crippen LogP contribution in [0, 0.1) is 0 Å². The Morgan fingerprint density at radius 2 is 1.83 bits per heavy atom. The molecule has 35 heavy (non-hydrogen) atoms. The summed E-state index contributed by atoms with van der Waals surface area (Å²) in [7, 11) is 3.22. The third-order valence-electron chi connectivity index (χ3n) is 7.33. The van der Waals surface area contributed by atoms with Crippen molar-refractivity contribution in [3.63, 3.8) is 0 Å². The van der Waals surface area contributed by atoms with Crippen LogP contribution in [0.4, 0.5) is 0 Å². The van der Waals surface area contributed by atoms with Gasteiger partial charge in [-0.1, -0.05) is 12.1 Å². The lowest BCUT2D eigenvalue weighted by Crippen LogP contribution is -2.36. The number of ketones is 1. The van der Waals surface area contributed by atoms with Gasteiger partial charge in [0, 0.05) is 28.3 Å². The highest BCUT2D eigenvalue weighted by Gasteiger charge is 2.42. The molecule has 0 spiro atoms. The van der Waals surface area contributed by atoms with Crippen LogP contribution in [0.5, 0.6) is 11.5 Å². The highest BCUT2D eigenvalue weighted by atomic mass is 32.1. The average Bonchev–Trinajstić information content (AvgIpc) is 3.57. The van der Waals surface area contributed by atoms with Crippen molar-refractivity contribution in [2.24, 2.45) is 0 Å². The Morgan fingerprint density at radius 1 is 1.06 bits per heavy atom. The maximum absolute atomic E-state index is 13.7. The van der Waals surface area contributed by atoms with Crippen LogP contribution in [0.3, 0.4) is 0 Å². The lowest BCUT2D eigenvalue weighted by Gasteiger charge is -2.36. The van der Waals surface area contributed by atoms with Crippen LogP contribution in [0.25, 0.3) is 0 Å². The number of esters is 1. The molecular weight excluding hydrogens is 462 g/mol. The molecule has 5 rings (SSSR count). The molecule has 1 saturated carbocycles. The number of carbonyl (C=O) groups excluding carboxylic acids is 2. The van der Waals surface area contributed by atoms with Crippen molar-refractivity contribution >= 4 is 23.1 Å². The molecule has 184 valence electrons. The van der Waals surface area contributed by atoms with Crippen LogP contribution in [0.2, 0.25) is 0 Å². The number of carbonyl (C=O) groups is 2. The van der Waals surface area contributed by atoms with E-state index in [1.165, 1.54) is 0 Å². The Kier molecular flexibility index (Phi) is 6.69. The number of thiophene rings is 1. The molecule has 0 radical (unpaired) electrons. The van der Waals surface area contributed by atoms with E-state index in [0.29, 0.717) is 35.5 Å². The van der Waals surface area contributed by atoms with Gasteiger partial charge in [0.1, 0.15) is 6.10 Å². The topological polar surface area (TPSA) is 73.9 Å². The van der Waals surface area contributed by atoms with Gasteiger partial charge in [-0.05, 0) is 74.1 Å². The van der Waals surface area contributed by atoms with Gasteiger partial charge in [0.25, 0.3) is 0 Å². The summed E-state index contributed by atoms with van der Waals surface area (Å²) in [5, 5.41) is 5.43. The largest absolute Gasteiger partial charge is 0.493 e. The highest BCUT2D eigenvalue weighted by molar-refractivity contribution is 7.10. The van der Waals surface area contributed by atoms with Crippen molar-refractivity contribution in [2.75, 3.05) is 14.2 Å². The van der Waals surface area contributed by atoms with Gasteiger partial charge in [0.05, 0.1) is 25.7 Å². The lowest BCUT2D eigenvalue weighted by molar-refractivity contribution is -0.144. The van der Waals surface area contributed by atoms with Gasteiger partial charge in [0.15, 0.2) is 17.3 Å². The van der Waals surface area contributed by atoms with E-state index in [9.17, 15) is 9.59 Å². The SMILES string of the molecule is COc1ccc([C@@H]2CC(=O)C3=C(C2)NC(C)=C(C(=O)OC2CCCC2)[C@H]3c2cccs2)cc1OC. The van der Waals surface area contributed by atoms with Gasteiger partial charge in [0.2, 0.25) is 0 Å². The number of allylic oxidation sites excluding steroid dienone is 3. The standard InChI is InChI=1S/C28H31NO5S/c1-16-25(28(31)34-19-7-4-5-8-19)27(24-9-6-12-35-24)26-20(29-16)13-18(14-21(26)30)17-10-11-22(32-2)23(15-17)33-3/h6,9-12,15,18-19,27,29H,4-5,7-8,13-14H2,1-3H3/t18-,27+/m0/s1. The molecule has 1 aromatic heterocycles. The minimum absolute atomic E-state index is 0.0114. The second kappa shape index (κ2) is 9.90. The predicted octanol–water partition coefficient (Wildman–Crippen LogP) is 5.61. The monoisotopic (exact) mass is 493 g/mol. The molecule has 1 aromatic carbocycles. The lowest BCUT2D eigenvalue weighted by atomic mass is 9.73. The summed E-state index contributed by atoms with van der Waals surface area (Å²) in [5.41, 5.74) is 3.97. The van der Waals surface area contributed by atoms with Gasteiger partial charge < -0.3 is 19.5 Å². The summed E-state index contributed by atoms with van der Waals surface area (Å²) in [6.45, 7) is 1.92. The summed E-state index contributed by atoms with van der Waals surface area (Å²) in [5.74, 6) is 0.697. The molecule has 0 bridgehead atoms. The maximum atomic E-state index is 13.7. The number of nitrogens with one attached hydrogen (secondary N) is 1. The molecule has 1 N–H and O–H groups in total. The molecule has 2 aromatic rings. The van der Waals surface area contributed by atoms with Crippen LogP contribution >= 0.6 is 11.3 Å². The third kappa shape index (κ3) is 4.49. The number of dihydropyridines is 1. The maximum Gasteiger partial charge on any atom is 0.337 e. The van der Waals surface area contributed by atoms with E-state index < -0.39 is 0 Å². The minimum Gasteiger partial charge on any atom is -0.493 e. The van der Waals surface area contributed by atoms with Crippen LogP contribution in [-0.4, -0.2) is 32.1 Å². The zero-order valence-corrected chi connectivity index (χ0v) is 21.2. The van der Waals surface area contributed by atoms with Crippen LogP contribution in [0.1, 0.15) is 67.7 Å². The normalized spacial score (nSPS) is 22.7. The second-order valence-corrected chi connectivity index (χ2v) is 10.4. The van der Waals surface area contributed by atoms with Crippen molar-refractivity contribution in [1.29, 1.82) is 0 Å². The first kappa shape index (κ1) is 23.7. The molecule has 2 heterocycles. The molecule has 3 aliphatic rings. The van der Waals surface area contributed by atoms with Crippen LogP contribution in [-0.2, 0) is 14.3 Å². The molecule has 7 heteroatoms. The highest BCUT2D eigenvalue weighted by Crippen LogP contribution is 2.47. The first-order valence-corrected chi connectivity index (χ1v) is 13.1. The summed E-state index contributed by atoms with van der Waals surface area (Å²) in [6.07, 6.45) is 5.03. The number of rotatable bonds is 6. The number of hydrogen-bond donors (Lipinski definition) is 1. The quantitative estimate of drug-likeness (QED) is 0.527. The number of methoxy groups -OCH3 is 2. The minimum atomic E-state index is -0.390. The Labute approximate surface area is 210 Å². The molecule has 2 atom stereocenters. The van der Waals surface area contributed by atoms with Crippen LogP contribution < -0.4 is 14.8 Å². The molecule has 2 aliphatic carbocycles. The number of ether oxygens (including phenoxy) is 3. The zero-order valence-electron chi connectivity index (χ0n) is 20.4. The molecule has 1 aliphatic heterocycles. The van der Waals surface area contributed by atoms with Gasteiger partial charge >= 0.3 is 5.97 Å². The fourth-order valence-electron chi connectivity index (χ4n) is 5.61. The summed E-state index contributed by atoms with van der Waals surface area (Å²) >= 11 is 1.57. The van der Waals surface area contributed by atoms with E-state index >= 15 is 0 Å². The summed E-state index contributed by atoms with van der Waals surface area (Å²) in [4.78, 5) is 28.1. The fourth-order valence-corrected chi connectivity index (χ4v) is 6.46. The van der Waals surface area contributed by atoms with E-state index in [1.807, 2.05) is 42.6 Å². The first-order valence-electron chi connectivity index (χ1n) is 12.2. The van der Waals surface area contributed by atoms with Crippen molar-refractivity contribution < 1.29 is 23.8 Å². The van der Waals surface area contributed by atoms with Crippen molar-refractivity contribution in [1.82, 2.24) is 5.32 Å². The smallest absolute Gasteiger partial charge is 0.337 e. The Balaban J connectivity index is 1.49. The van der Waals surface area contributed by atoms with Gasteiger partial charge in [-0.15, -0.1) is 11.3 Å². The van der Waals surface area contributed by atoms with E-state index in [2.05, 4.69) is 5.32 Å². The number of hydrogen-bond acceptors (Lipinski definition) is 7. The van der Waals surface area contributed by atoms with Gasteiger partial charge in [-0.25, -0.2) is 4.79 Å². The van der Waals surface area contributed by atoms with Crippen LogP contribution in [0.15, 0.2) is 58.3 Å². The van der Waals surface area contributed by atoms with Crippen molar-refractivity contribution in [3.05, 3.63) is 68.7 Å². The Bertz CT molecular complexity index is 1190. The van der Waals surface area contributed by atoms with Crippen molar-refractivity contribution in [3.8, 4) is 11.5 Å². The van der Waals surface area contributed by atoms with E-state index in [0.717, 1.165) is 47.5 Å². The third-order valence-corrected chi connectivity index (χ3v) is 8.27. The first-order chi connectivity index (χ1) is 17.0. The Morgan fingerprint density at radius 3 is 2.51 bits per heavy atom. The average molecular weight is 494 g/mol. The molecule has 0 saturated heterocycles. The molecular formula is C28H31NO5S. The van der Waals surface area contributed by atoms with Crippen molar-refractivity contribution in [2.45, 2.75) is 63.4 Å². The molecule has 1 fully saturated rings. The molecule has 6 nitrogen and oxygen atoms in total. The van der Waals surface area contributed by atoms with Gasteiger partial charge in [-0.2, -0.15) is 0 Å². The number of Topliss-reactive ketones (excluding diaryl/α,β-unsaturated/α-hetero) is 1. The van der Waals surface area contributed by atoms with E-state index in [1.54, 1.807) is 25.6 Å². The zero-order chi connectivity index (χ0) is 24.5. The fraction of sp³-hybridized carbons (Fsp3) is 0.429.